The molecule has 0 aromatic carbocycles. The zero-order valence-electron chi connectivity index (χ0n) is 12.0. The van der Waals surface area contributed by atoms with Gasteiger partial charge < -0.3 is 5.32 Å². The third-order valence-electron chi connectivity index (χ3n) is 3.96. The van der Waals surface area contributed by atoms with E-state index in [0.717, 1.165) is 29.5 Å². The second-order valence-corrected chi connectivity index (χ2v) is 6.83. The number of thiazole rings is 1. The Morgan fingerprint density at radius 3 is 2.80 bits per heavy atom. The van der Waals surface area contributed by atoms with Crippen molar-refractivity contribution in [3.05, 3.63) is 16.1 Å². The van der Waals surface area contributed by atoms with Crippen LogP contribution in [-0.2, 0) is 17.1 Å². The summed E-state index contributed by atoms with van der Waals surface area (Å²) in [6, 6.07) is 0.364. The standard InChI is InChI=1S/C15H23ClN2OS/c1-2-3-11-4-6-12(7-5-11)17-14(19)8-15-18-13(9-16)10-20-15/h10-12H,2-9H2,1H3,(H,17,19). The van der Waals surface area contributed by atoms with Crippen molar-refractivity contribution in [2.45, 2.75) is 63.8 Å². The van der Waals surface area contributed by atoms with Crippen LogP contribution >= 0.6 is 22.9 Å². The third kappa shape index (κ3) is 4.74. The van der Waals surface area contributed by atoms with Gasteiger partial charge in [0.2, 0.25) is 5.91 Å². The minimum Gasteiger partial charge on any atom is -0.353 e. The summed E-state index contributed by atoms with van der Waals surface area (Å²) in [5.41, 5.74) is 0.861. The molecule has 1 N–H and O–H groups in total. The molecule has 1 fully saturated rings. The summed E-state index contributed by atoms with van der Waals surface area (Å²) in [6.45, 7) is 2.25. The Kier molecular flexibility index (Phi) is 6.30. The van der Waals surface area contributed by atoms with Crippen molar-refractivity contribution in [1.82, 2.24) is 10.3 Å². The normalized spacial score (nSPS) is 22.7. The summed E-state index contributed by atoms with van der Waals surface area (Å²) >= 11 is 7.23. The lowest BCUT2D eigenvalue weighted by Gasteiger charge is -2.28. The molecule has 1 aromatic rings. The number of alkyl halides is 1. The molecule has 20 heavy (non-hydrogen) atoms. The van der Waals surface area contributed by atoms with Gasteiger partial charge in [0.1, 0.15) is 5.01 Å². The minimum atomic E-state index is 0.0967. The van der Waals surface area contributed by atoms with Gasteiger partial charge in [-0.2, -0.15) is 0 Å². The van der Waals surface area contributed by atoms with Gasteiger partial charge in [-0.25, -0.2) is 4.98 Å². The smallest absolute Gasteiger partial charge is 0.227 e. The maximum atomic E-state index is 12.0. The van der Waals surface area contributed by atoms with Gasteiger partial charge in [-0.15, -0.1) is 22.9 Å². The van der Waals surface area contributed by atoms with Crippen molar-refractivity contribution in [3.8, 4) is 0 Å². The van der Waals surface area contributed by atoms with Gasteiger partial charge in [-0.3, -0.25) is 4.79 Å². The maximum Gasteiger partial charge on any atom is 0.227 e. The molecule has 5 heteroatoms. The zero-order chi connectivity index (χ0) is 14.4. The van der Waals surface area contributed by atoms with Crippen molar-refractivity contribution in [3.63, 3.8) is 0 Å². The van der Waals surface area contributed by atoms with Gasteiger partial charge in [0.25, 0.3) is 0 Å². The SMILES string of the molecule is CCCC1CCC(NC(=O)Cc2nc(CCl)cs2)CC1. The highest BCUT2D eigenvalue weighted by Crippen LogP contribution is 2.27. The highest BCUT2D eigenvalue weighted by Gasteiger charge is 2.22. The summed E-state index contributed by atoms with van der Waals surface area (Å²) in [6.07, 6.45) is 7.76. The number of rotatable bonds is 6. The summed E-state index contributed by atoms with van der Waals surface area (Å²) in [7, 11) is 0. The van der Waals surface area contributed by atoms with E-state index in [2.05, 4.69) is 17.2 Å². The van der Waals surface area contributed by atoms with Gasteiger partial charge in [-0.05, 0) is 31.6 Å². The average Bonchev–Trinajstić information content (AvgIpc) is 2.89. The summed E-state index contributed by atoms with van der Waals surface area (Å²) in [5, 5.41) is 5.93. The molecule has 112 valence electrons. The summed E-state index contributed by atoms with van der Waals surface area (Å²) < 4.78 is 0. The molecule has 1 saturated carbocycles. The second-order valence-electron chi connectivity index (χ2n) is 5.62. The van der Waals surface area contributed by atoms with Gasteiger partial charge >= 0.3 is 0 Å². The first-order valence-electron chi connectivity index (χ1n) is 7.49. The zero-order valence-corrected chi connectivity index (χ0v) is 13.6. The van der Waals surface area contributed by atoms with Crippen molar-refractivity contribution in [2.75, 3.05) is 0 Å². The van der Waals surface area contributed by atoms with Gasteiger partial charge in [0.15, 0.2) is 0 Å². The van der Waals surface area contributed by atoms with Crippen LogP contribution in [0.25, 0.3) is 0 Å². The number of nitrogens with one attached hydrogen (secondary N) is 1. The van der Waals surface area contributed by atoms with E-state index in [9.17, 15) is 4.79 Å². The maximum absolute atomic E-state index is 12.0. The van der Waals surface area contributed by atoms with Crippen LogP contribution in [0.2, 0.25) is 0 Å². The largest absolute Gasteiger partial charge is 0.353 e. The fourth-order valence-electron chi connectivity index (χ4n) is 2.91. The molecular weight excluding hydrogens is 292 g/mol. The Bertz CT molecular complexity index is 427. The predicted octanol–water partition coefficient (Wildman–Crippen LogP) is 3.90. The lowest BCUT2D eigenvalue weighted by molar-refractivity contribution is -0.121. The fraction of sp³-hybridized carbons (Fsp3) is 0.733. The first kappa shape index (κ1) is 15.8. The lowest BCUT2D eigenvalue weighted by atomic mass is 9.83. The highest BCUT2D eigenvalue weighted by atomic mass is 35.5. The van der Waals surface area contributed by atoms with Crippen LogP contribution < -0.4 is 5.32 Å². The van der Waals surface area contributed by atoms with Crippen molar-refractivity contribution < 1.29 is 4.79 Å². The quantitative estimate of drug-likeness (QED) is 0.809. The Hall–Kier alpha value is -0.610. The van der Waals surface area contributed by atoms with E-state index >= 15 is 0 Å². The summed E-state index contributed by atoms with van der Waals surface area (Å²) in [5.74, 6) is 1.39. The van der Waals surface area contributed by atoms with Gasteiger partial charge in [-0.1, -0.05) is 19.8 Å². The molecule has 1 aliphatic rings. The molecule has 1 aliphatic carbocycles. The van der Waals surface area contributed by atoms with E-state index < -0.39 is 0 Å². The highest BCUT2D eigenvalue weighted by molar-refractivity contribution is 7.09. The van der Waals surface area contributed by atoms with Crippen LogP contribution in [0.15, 0.2) is 5.38 Å². The van der Waals surface area contributed by atoms with Crippen molar-refractivity contribution in [2.24, 2.45) is 5.92 Å². The van der Waals surface area contributed by atoms with Crippen LogP contribution in [-0.4, -0.2) is 16.9 Å². The Morgan fingerprint density at radius 2 is 2.20 bits per heavy atom. The van der Waals surface area contributed by atoms with Gasteiger partial charge in [0.05, 0.1) is 18.0 Å². The molecular formula is C15H23ClN2OS. The van der Waals surface area contributed by atoms with Crippen molar-refractivity contribution in [1.29, 1.82) is 0 Å². The number of aromatic nitrogens is 1. The molecule has 0 atom stereocenters. The monoisotopic (exact) mass is 314 g/mol. The number of carbonyl (C=O) groups excluding carboxylic acids is 1. The molecule has 0 radical (unpaired) electrons. The number of nitrogens with zero attached hydrogens (tertiary/aromatic N) is 1. The van der Waals surface area contributed by atoms with E-state index in [0.29, 0.717) is 18.3 Å². The molecule has 0 aliphatic heterocycles. The molecule has 3 nitrogen and oxygen atoms in total. The topological polar surface area (TPSA) is 42.0 Å². The van der Waals surface area contributed by atoms with Crippen LogP contribution in [0.5, 0.6) is 0 Å². The Labute approximate surface area is 130 Å². The Balaban J connectivity index is 1.72. The molecule has 1 heterocycles. The number of hydrogen-bond acceptors (Lipinski definition) is 3. The van der Waals surface area contributed by atoms with Crippen LogP contribution in [0.1, 0.15) is 56.2 Å². The summed E-state index contributed by atoms with van der Waals surface area (Å²) in [4.78, 5) is 16.3. The second kappa shape index (κ2) is 7.99. The number of halogens is 1. The first-order valence-corrected chi connectivity index (χ1v) is 8.91. The molecule has 0 bridgehead atoms. The molecule has 1 aromatic heterocycles. The van der Waals surface area contributed by atoms with Crippen LogP contribution in [0, 0.1) is 5.92 Å². The molecule has 1 amide bonds. The number of hydrogen-bond donors (Lipinski definition) is 1. The molecule has 0 saturated heterocycles. The number of carbonyl (C=O) groups is 1. The molecule has 2 rings (SSSR count). The van der Waals surface area contributed by atoms with Gasteiger partial charge in [0, 0.05) is 11.4 Å². The van der Waals surface area contributed by atoms with Crippen molar-refractivity contribution >= 4 is 28.8 Å². The predicted molar refractivity (Wildman–Crippen MR) is 84.2 cm³/mol. The van der Waals surface area contributed by atoms with E-state index in [-0.39, 0.29) is 5.91 Å². The minimum absolute atomic E-state index is 0.0967. The third-order valence-corrected chi connectivity index (χ3v) is 5.13. The number of amides is 1. The van der Waals surface area contributed by atoms with Crippen LogP contribution in [0.4, 0.5) is 0 Å². The molecule has 0 unspecified atom stereocenters. The average molecular weight is 315 g/mol. The van der Waals surface area contributed by atoms with E-state index in [1.165, 1.54) is 37.0 Å². The van der Waals surface area contributed by atoms with E-state index in [1.54, 1.807) is 0 Å². The van der Waals surface area contributed by atoms with E-state index in [4.69, 9.17) is 11.6 Å². The van der Waals surface area contributed by atoms with E-state index in [1.807, 2.05) is 5.38 Å². The Morgan fingerprint density at radius 1 is 1.45 bits per heavy atom. The lowest BCUT2D eigenvalue weighted by Crippen LogP contribution is -2.38. The fourth-order valence-corrected chi connectivity index (χ4v) is 3.93. The van der Waals surface area contributed by atoms with Crippen LogP contribution in [0.3, 0.4) is 0 Å². The first-order chi connectivity index (χ1) is 9.71. The molecule has 0 spiro atoms.